The summed E-state index contributed by atoms with van der Waals surface area (Å²) in [6.07, 6.45) is 5.79. The van der Waals surface area contributed by atoms with Crippen LogP contribution >= 0.6 is 11.3 Å². The van der Waals surface area contributed by atoms with Gasteiger partial charge in [0.1, 0.15) is 5.75 Å². The fourth-order valence-electron chi connectivity index (χ4n) is 4.84. The highest BCUT2D eigenvalue weighted by atomic mass is 32.1. The number of aromatic nitrogens is 2. The van der Waals surface area contributed by atoms with Crippen LogP contribution in [0, 0.1) is 0 Å². The number of rotatable bonds is 8. The van der Waals surface area contributed by atoms with Crippen LogP contribution in [-0.4, -0.2) is 28.3 Å². The Hall–Kier alpha value is -4.17. The summed E-state index contributed by atoms with van der Waals surface area (Å²) >= 11 is 1.32. The van der Waals surface area contributed by atoms with Gasteiger partial charge in [-0.1, -0.05) is 47.7 Å². The average Bonchev–Trinajstić information content (AvgIpc) is 3.41. The number of benzene rings is 2. The van der Waals surface area contributed by atoms with Crippen molar-refractivity contribution in [2.24, 2.45) is 4.99 Å². The monoisotopic (exact) mass is 527 g/mol. The first kappa shape index (κ1) is 25.5. The molecular weight excluding hydrogens is 498 g/mol. The van der Waals surface area contributed by atoms with Crippen LogP contribution in [0.15, 0.2) is 88.4 Å². The second kappa shape index (κ2) is 10.7. The second-order valence-electron chi connectivity index (χ2n) is 8.85. The topological polar surface area (TPSA) is 74.8 Å². The summed E-state index contributed by atoms with van der Waals surface area (Å²) in [4.78, 5) is 32.2. The van der Waals surface area contributed by atoms with Crippen molar-refractivity contribution in [3.05, 3.63) is 109 Å². The van der Waals surface area contributed by atoms with Crippen molar-refractivity contribution in [2.75, 3.05) is 13.2 Å². The fourth-order valence-corrected chi connectivity index (χ4v) is 5.88. The molecule has 8 heteroatoms. The van der Waals surface area contributed by atoms with Gasteiger partial charge in [0.25, 0.3) is 5.56 Å². The summed E-state index contributed by atoms with van der Waals surface area (Å²) in [5.41, 5.74) is 3.48. The Balaban J connectivity index is 1.71. The summed E-state index contributed by atoms with van der Waals surface area (Å²) in [7, 11) is 0. The molecule has 0 spiro atoms. The minimum absolute atomic E-state index is 0.206. The molecule has 0 saturated carbocycles. The number of nitrogens with zero attached hydrogens (tertiary/aromatic N) is 3. The van der Waals surface area contributed by atoms with E-state index in [4.69, 9.17) is 9.47 Å². The Morgan fingerprint density at radius 1 is 1.13 bits per heavy atom. The molecule has 0 bridgehead atoms. The van der Waals surface area contributed by atoms with E-state index >= 15 is 0 Å². The third-order valence-corrected chi connectivity index (χ3v) is 7.44. The van der Waals surface area contributed by atoms with Crippen LogP contribution < -0.4 is 19.6 Å². The quantitative estimate of drug-likeness (QED) is 0.252. The Kier molecular flexibility index (Phi) is 7.15. The molecule has 2 aromatic carbocycles. The lowest BCUT2D eigenvalue weighted by molar-refractivity contribution is -0.139. The van der Waals surface area contributed by atoms with Gasteiger partial charge in [0.15, 0.2) is 4.80 Å². The Morgan fingerprint density at radius 3 is 2.61 bits per heavy atom. The molecule has 1 aliphatic heterocycles. The SMILES string of the molecule is C=CCn1cc(/C=c2\sc3n(c2=O)[C@H](c2ccc(OCC)cc2)C(C(=O)OCC)=C(C)N=3)c2ccccc21. The largest absolute Gasteiger partial charge is 0.494 e. The first-order chi connectivity index (χ1) is 18.5. The van der Waals surface area contributed by atoms with Crippen molar-refractivity contribution >= 4 is 34.3 Å². The van der Waals surface area contributed by atoms with Crippen LogP contribution in [-0.2, 0) is 16.1 Å². The number of para-hydroxylation sites is 1. The number of carbonyl (C=O) groups excluding carboxylic acids is 1. The van der Waals surface area contributed by atoms with Gasteiger partial charge < -0.3 is 14.0 Å². The zero-order chi connectivity index (χ0) is 26.8. The number of hydrogen-bond donors (Lipinski definition) is 0. The second-order valence-corrected chi connectivity index (χ2v) is 9.86. The van der Waals surface area contributed by atoms with E-state index in [0.29, 0.717) is 33.8 Å². The molecule has 38 heavy (non-hydrogen) atoms. The third-order valence-electron chi connectivity index (χ3n) is 6.46. The Labute approximate surface area is 224 Å². The van der Waals surface area contributed by atoms with E-state index in [1.165, 1.54) is 11.3 Å². The standard InChI is InChI=1S/C30H29N3O4S/c1-5-16-32-18-21(23-10-8-9-11-24(23)32)17-25-28(34)33-27(20-12-14-22(15-13-20)36-6-2)26(29(35)37-7-3)19(4)31-30(33)38-25/h5,8-15,17-18,27H,1,6-7,16H2,2-4H3/b25-17-/t27-/m1/s1. The molecule has 1 aliphatic rings. The van der Waals surface area contributed by atoms with Gasteiger partial charge in [-0.3, -0.25) is 9.36 Å². The number of allylic oxidation sites excluding steroid dienone is 2. The molecule has 0 amide bonds. The Bertz CT molecular complexity index is 1740. The molecule has 0 saturated heterocycles. The molecule has 2 aromatic heterocycles. The lowest BCUT2D eigenvalue weighted by Crippen LogP contribution is -2.39. The molecule has 194 valence electrons. The molecule has 0 unspecified atom stereocenters. The minimum atomic E-state index is -0.662. The maximum Gasteiger partial charge on any atom is 0.338 e. The predicted octanol–water partition coefficient (Wildman–Crippen LogP) is 4.34. The van der Waals surface area contributed by atoms with Gasteiger partial charge >= 0.3 is 5.97 Å². The molecule has 7 nitrogen and oxygen atoms in total. The van der Waals surface area contributed by atoms with Crippen molar-refractivity contribution < 1.29 is 14.3 Å². The van der Waals surface area contributed by atoms with Crippen LogP contribution in [0.4, 0.5) is 0 Å². The van der Waals surface area contributed by atoms with E-state index in [-0.39, 0.29) is 12.2 Å². The molecule has 5 rings (SSSR count). The summed E-state index contributed by atoms with van der Waals surface area (Å²) in [5, 5.41) is 1.05. The molecule has 0 radical (unpaired) electrons. The van der Waals surface area contributed by atoms with E-state index in [1.54, 1.807) is 18.4 Å². The zero-order valence-electron chi connectivity index (χ0n) is 21.6. The molecule has 1 atom stereocenters. The van der Waals surface area contributed by atoms with Crippen molar-refractivity contribution in [1.29, 1.82) is 0 Å². The lowest BCUT2D eigenvalue weighted by Gasteiger charge is -2.24. The van der Waals surface area contributed by atoms with E-state index < -0.39 is 12.0 Å². The highest BCUT2D eigenvalue weighted by molar-refractivity contribution is 7.07. The van der Waals surface area contributed by atoms with Crippen molar-refractivity contribution in [2.45, 2.75) is 33.4 Å². The van der Waals surface area contributed by atoms with Gasteiger partial charge in [-0.15, -0.1) is 6.58 Å². The maximum atomic E-state index is 13.9. The molecule has 0 fully saturated rings. The smallest absolute Gasteiger partial charge is 0.338 e. The van der Waals surface area contributed by atoms with Crippen LogP contribution in [0.2, 0.25) is 0 Å². The molecule has 3 heterocycles. The van der Waals surface area contributed by atoms with Crippen molar-refractivity contribution in [3.63, 3.8) is 0 Å². The van der Waals surface area contributed by atoms with Crippen LogP contribution in [0.3, 0.4) is 0 Å². The van der Waals surface area contributed by atoms with Gasteiger partial charge in [-0.25, -0.2) is 9.79 Å². The van der Waals surface area contributed by atoms with Gasteiger partial charge in [0.05, 0.1) is 35.1 Å². The fraction of sp³-hybridized carbons (Fsp3) is 0.233. The maximum absolute atomic E-state index is 13.9. The first-order valence-electron chi connectivity index (χ1n) is 12.6. The number of hydrogen-bond acceptors (Lipinski definition) is 6. The number of fused-ring (bicyclic) bond motifs is 2. The van der Waals surface area contributed by atoms with Gasteiger partial charge in [0, 0.05) is 29.2 Å². The number of esters is 1. The van der Waals surface area contributed by atoms with E-state index in [9.17, 15) is 9.59 Å². The molecule has 0 aliphatic carbocycles. The van der Waals surface area contributed by atoms with E-state index in [2.05, 4.69) is 22.2 Å². The summed E-state index contributed by atoms with van der Waals surface area (Å²) in [5.74, 6) is 0.243. The first-order valence-corrected chi connectivity index (χ1v) is 13.4. The average molecular weight is 528 g/mol. The third kappa shape index (κ3) is 4.52. The van der Waals surface area contributed by atoms with Crippen LogP contribution in [0.5, 0.6) is 5.75 Å². The molecular formula is C30H29N3O4S. The highest BCUT2D eigenvalue weighted by Crippen LogP contribution is 2.31. The van der Waals surface area contributed by atoms with E-state index in [1.807, 2.05) is 67.7 Å². The normalized spacial score (nSPS) is 15.3. The van der Waals surface area contributed by atoms with Gasteiger partial charge in [-0.2, -0.15) is 0 Å². The molecule has 4 aromatic rings. The Morgan fingerprint density at radius 2 is 1.89 bits per heavy atom. The number of ether oxygens (including phenoxy) is 2. The van der Waals surface area contributed by atoms with Crippen LogP contribution in [0.25, 0.3) is 17.0 Å². The van der Waals surface area contributed by atoms with Crippen molar-refractivity contribution in [3.8, 4) is 5.75 Å². The predicted molar refractivity (Wildman–Crippen MR) is 150 cm³/mol. The number of thiazole rings is 1. The summed E-state index contributed by atoms with van der Waals surface area (Å²) < 4.78 is 15.2. The minimum Gasteiger partial charge on any atom is -0.494 e. The zero-order valence-corrected chi connectivity index (χ0v) is 22.5. The van der Waals surface area contributed by atoms with Gasteiger partial charge in [0.2, 0.25) is 0 Å². The van der Waals surface area contributed by atoms with Gasteiger partial charge in [-0.05, 0) is 50.6 Å². The highest BCUT2D eigenvalue weighted by Gasteiger charge is 2.33. The molecule has 0 N–H and O–H groups in total. The summed E-state index contributed by atoms with van der Waals surface area (Å²) in [6, 6.07) is 14.9. The van der Waals surface area contributed by atoms with E-state index in [0.717, 1.165) is 27.8 Å². The number of carbonyl (C=O) groups is 1. The van der Waals surface area contributed by atoms with Crippen molar-refractivity contribution in [1.82, 2.24) is 9.13 Å². The van der Waals surface area contributed by atoms with Crippen LogP contribution in [0.1, 0.15) is 37.9 Å². The summed E-state index contributed by atoms with van der Waals surface area (Å²) in [6.45, 7) is 10.8. The lowest BCUT2D eigenvalue weighted by atomic mass is 9.96.